The van der Waals surface area contributed by atoms with Gasteiger partial charge in [-0.15, -0.1) is 13.2 Å². The number of aryl methyl sites for hydroxylation is 1. The lowest BCUT2D eigenvalue weighted by Crippen LogP contribution is -2.17. The molecule has 0 spiro atoms. The zero-order valence-electron chi connectivity index (χ0n) is 13.5. The predicted octanol–water partition coefficient (Wildman–Crippen LogP) is 4.37. The number of halogens is 3. The smallest absolute Gasteiger partial charge is 0.406 e. The minimum Gasteiger partial charge on any atom is -0.406 e. The summed E-state index contributed by atoms with van der Waals surface area (Å²) < 4.78 is 46.5. The molecule has 3 aromatic rings. The van der Waals surface area contributed by atoms with E-state index in [0.717, 1.165) is 37.0 Å². The Hall–Kier alpha value is -3.03. The average Bonchev–Trinajstić information content (AvgIpc) is 3.21. The quantitative estimate of drug-likeness (QED) is 0.701. The van der Waals surface area contributed by atoms with Gasteiger partial charge in [0, 0.05) is 22.9 Å². The standard InChI is InChI=1S/C18H14F3N3O2/c19-18(20,21)25-13-8-11(7-12(22)9-13)17-23-16(24-26-17)15-6-2-4-10-3-1-5-14(10)15/h2,4,6-9H,1,3,5,22H2. The molecule has 4 rings (SSSR count). The van der Waals surface area contributed by atoms with E-state index in [0.29, 0.717) is 5.82 Å². The maximum Gasteiger partial charge on any atom is 0.573 e. The van der Waals surface area contributed by atoms with Crippen molar-refractivity contribution in [2.75, 3.05) is 5.73 Å². The fourth-order valence-electron chi connectivity index (χ4n) is 3.22. The van der Waals surface area contributed by atoms with Gasteiger partial charge in [-0.05, 0) is 42.5 Å². The zero-order valence-corrected chi connectivity index (χ0v) is 13.5. The molecule has 8 heteroatoms. The molecule has 1 aromatic heterocycles. The van der Waals surface area contributed by atoms with Gasteiger partial charge in [-0.1, -0.05) is 23.4 Å². The normalized spacial score (nSPS) is 13.7. The Balaban J connectivity index is 1.70. The first-order valence-electron chi connectivity index (χ1n) is 8.00. The number of fused-ring (bicyclic) bond motifs is 1. The van der Waals surface area contributed by atoms with Crippen LogP contribution in [0.4, 0.5) is 18.9 Å². The van der Waals surface area contributed by atoms with E-state index in [-0.39, 0.29) is 17.1 Å². The number of nitrogens with zero attached hydrogens (tertiary/aromatic N) is 2. The highest BCUT2D eigenvalue weighted by Crippen LogP contribution is 2.34. The molecule has 1 aliphatic rings. The number of nitrogens with two attached hydrogens (primary N) is 1. The molecule has 1 aliphatic carbocycles. The van der Waals surface area contributed by atoms with Crippen LogP contribution >= 0.6 is 0 Å². The molecule has 1 heterocycles. The number of anilines is 1. The van der Waals surface area contributed by atoms with Gasteiger partial charge in [0.15, 0.2) is 0 Å². The highest BCUT2D eigenvalue weighted by molar-refractivity contribution is 5.67. The molecule has 0 saturated heterocycles. The molecule has 0 fully saturated rings. The molecule has 0 amide bonds. The molecule has 26 heavy (non-hydrogen) atoms. The molecule has 2 N–H and O–H groups in total. The van der Waals surface area contributed by atoms with Crippen molar-refractivity contribution < 1.29 is 22.4 Å². The van der Waals surface area contributed by atoms with Gasteiger partial charge in [-0.25, -0.2) is 0 Å². The number of rotatable bonds is 3. The van der Waals surface area contributed by atoms with Gasteiger partial charge in [0.2, 0.25) is 5.82 Å². The molecule has 134 valence electrons. The van der Waals surface area contributed by atoms with E-state index in [1.165, 1.54) is 17.2 Å². The predicted molar refractivity (Wildman–Crippen MR) is 88.3 cm³/mol. The monoisotopic (exact) mass is 361 g/mol. The van der Waals surface area contributed by atoms with Gasteiger partial charge in [-0.3, -0.25) is 0 Å². The molecule has 0 saturated carbocycles. The maximum atomic E-state index is 12.4. The van der Waals surface area contributed by atoms with Gasteiger partial charge in [0.05, 0.1) is 0 Å². The van der Waals surface area contributed by atoms with Crippen molar-refractivity contribution in [1.29, 1.82) is 0 Å². The Kier molecular flexibility index (Phi) is 3.82. The van der Waals surface area contributed by atoms with Gasteiger partial charge in [0.1, 0.15) is 5.75 Å². The van der Waals surface area contributed by atoms with E-state index in [4.69, 9.17) is 10.3 Å². The Morgan fingerprint density at radius 3 is 2.77 bits per heavy atom. The molecule has 0 radical (unpaired) electrons. The van der Waals surface area contributed by atoms with E-state index in [9.17, 15) is 13.2 Å². The second-order valence-corrected chi connectivity index (χ2v) is 6.06. The third kappa shape index (κ3) is 3.22. The third-order valence-electron chi connectivity index (χ3n) is 4.22. The van der Waals surface area contributed by atoms with Crippen molar-refractivity contribution in [1.82, 2.24) is 10.1 Å². The van der Waals surface area contributed by atoms with Crippen molar-refractivity contribution >= 4 is 5.69 Å². The SMILES string of the molecule is Nc1cc(OC(F)(F)F)cc(-c2nc(-c3cccc4c3CCC4)no2)c1. The third-order valence-corrected chi connectivity index (χ3v) is 4.22. The van der Waals surface area contributed by atoms with Crippen molar-refractivity contribution in [3.63, 3.8) is 0 Å². The van der Waals surface area contributed by atoms with Crippen LogP contribution in [0, 0.1) is 0 Å². The molecular weight excluding hydrogens is 347 g/mol. The Morgan fingerprint density at radius 1 is 1.12 bits per heavy atom. The van der Waals surface area contributed by atoms with Crippen LogP contribution in [0.3, 0.4) is 0 Å². The van der Waals surface area contributed by atoms with E-state index >= 15 is 0 Å². The fourth-order valence-corrected chi connectivity index (χ4v) is 3.22. The lowest BCUT2D eigenvalue weighted by atomic mass is 10.0. The largest absolute Gasteiger partial charge is 0.573 e. The van der Waals surface area contributed by atoms with Crippen molar-refractivity contribution in [3.05, 3.63) is 47.5 Å². The summed E-state index contributed by atoms with van der Waals surface area (Å²) in [5.74, 6) is 0.0437. The molecule has 2 aromatic carbocycles. The van der Waals surface area contributed by atoms with Crippen molar-refractivity contribution in [2.24, 2.45) is 0 Å². The maximum absolute atomic E-state index is 12.4. The molecule has 0 atom stereocenters. The van der Waals surface area contributed by atoms with Crippen LogP contribution < -0.4 is 10.5 Å². The van der Waals surface area contributed by atoms with Crippen LogP contribution in [0.1, 0.15) is 17.5 Å². The average molecular weight is 361 g/mol. The van der Waals surface area contributed by atoms with Crippen LogP contribution in [0.5, 0.6) is 5.75 Å². The van der Waals surface area contributed by atoms with E-state index in [2.05, 4.69) is 20.9 Å². The first-order valence-corrected chi connectivity index (χ1v) is 8.00. The topological polar surface area (TPSA) is 74.2 Å². The molecule has 5 nitrogen and oxygen atoms in total. The lowest BCUT2D eigenvalue weighted by Gasteiger charge is -2.10. The number of alkyl halides is 3. The molecule has 0 bridgehead atoms. The van der Waals surface area contributed by atoms with E-state index in [1.54, 1.807) is 0 Å². The Morgan fingerprint density at radius 2 is 1.96 bits per heavy atom. The van der Waals surface area contributed by atoms with Gasteiger partial charge in [0.25, 0.3) is 5.89 Å². The highest BCUT2D eigenvalue weighted by atomic mass is 19.4. The van der Waals surface area contributed by atoms with Gasteiger partial charge >= 0.3 is 6.36 Å². The summed E-state index contributed by atoms with van der Waals surface area (Å²) >= 11 is 0. The second-order valence-electron chi connectivity index (χ2n) is 6.06. The first kappa shape index (κ1) is 16.4. The van der Waals surface area contributed by atoms with Crippen molar-refractivity contribution in [3.8, 4) is 28.6 Å². The first-order chi connectivity index (χ1) is 12.4. The van der Waals surface area contributed by atoms with Crippen LogP contribution in [-0.2, 0) is 12.8 Å². The minimum absolute atomic E-state index is 0.0786. The summed E-state index contributed by atoms with van der Waals surface area (Å²) in [7, 11) is 0. The Bertz CT molecular complexity index is 967. The van der Waals surface area contributed by atoms with E-state index < -0.39 is 12.1 Å². The highest BCUT2D eigenvalue weighted by Gasteiger charge is 2.31. The number of ether oxygens (including phenoxy) is 1. The summed E-state index contributed by atoms with van der Waals surface area (Å²) in [4.78, 5) is 4.34. The summed E-state index contributed by atoms with van der Waals surface area (Å²) in [6.45, 7) is 0. The minimum atomic E-state index is -4.81. The van der Waals surface area contributed by atoms with Gasteiger partial charge < -0.3 is 15.0 Å². The van der Waals surface area contributed by atoms with Crippen LogP contribution in [-0.4, -0.2) is 16.5 Å². The molecular formula is C18H14F3N3O2. The van der Waals surface area contributed by atoms with Crippen LogP contribution in [0.15, 0.2) is 40.9 Å². The zero-order chi connectivity index (χ0) is 18.3. The summed E-state index contributed by atoms with van der Waals surface area (Å²) in [6, 6.07) is 9.62. The second kappa shape index (κ2) is 6.05. The lowest BCUT2D eigenvalue weighted by molar-refractivity contribution is -0.274. The fraction of sp³-hybridized carbons (Fsp3) is 0.222. The number of nitrogen functional groups attached to an aromatic ring is 1. The number of aromatic nitrogens is 2. The van der Waals surface area contributed by atoms with Gasteiger partial charge in [-0.2, -0.15) is 4.98 Å². The number of hydrogen-bond acceptors (Lipinski definition) is 5. The van der Waals surface area contributed by atoms with Crippen LogP contribution in [0.25, 0.3) is 22.8 Å². The molecule has 0 unspecified atom stereocenters. The van der Waals surface area contributed by atoms with Crippen molar-refractivity contribution in [2.45, 2.75) is 25.6 Å². The van der Waals surface area contributed by atoms with Crippen LogP contribution in [0.2, 0.25) is 0 Å². The number of benzene rings is 2. The summed E-state index contributed by atoms with van der Waals surface area (Å²) in [6.07, 6.45) is -1.78. The summed E-state index contributed by atoms with van der Waals surface area (Å²) in [5.41, 5.74) is 9.36. The summed E-state index contributed by atoms with van der Waals surface area (Å²) in [5, 5.41) is 3.98. The molecule has 0 aliphatic heterocycles. The Labute approximate surface area is 146 Å². The number of hydrogen-bond donors (Lipinski definition) is 1. The van der Waals surface area contributed by atoms with E-state index in [1.807, 2.05) is 12.1 Å².